The smallest absolute Gasteiger partial charge is 0.295 e. The maximum atomic E-state index is 13.1. The summed E-state index contributed by atoms with van der Waals surface area (Å²) in [6.45, 7) is 3.89. The molecule has 2 rings (SSSR count). The summed E-state index contributed by atoms with van der Waals surface area (Å²) in [4.78, 5) is 10.3. The highest BCUT2D eigenvalue weighted by Gasteiger charge is 2.17. The van der Waals surface area contributed by atoms with Crippen LogP contribution in [-0.2, 0) is 0 Å². The Kier molecular flexibility index (Phi) is 3.98. The Morgan fingerprint density at radius 1 is 1.20 bits per heavy atom. The first-order valence-electron chi connectivity index (χ1n) is 6.24. The van der Waals surface area contributed by atoms with Crippen LogP contribution in [0.4, 0.5) is 15.8 Å². The molecular weight excluding hydrogens is 259 g/mol. The van der Waals surface area contributed by atoms with Crippen molar-refractivity contribution in [1.82, 2.24) is 0 Å². The third-order valence-corrected chi connectivity index (χ3v) is 3.11. The predicted molar refractivity (Wildman–Crippen MR) is 76.3 cm³/mol. The molecule has 0 amide bonds. The van der Waals surface area contributed by atoms with Crippen LogP contribution in [0.15, 0.2) is 42.5 Å². The van der Waals surface area contributed by atoms with Gasteiger partial charge in [-0.25, -0.2) is 4.39 Å². The highest BCUT2D eigenvalue weighted by Crippen LogP contribution is 2.28. The Morgan fingerprint density at radius 2 is 1.85 bits per heavy atom. The molecule has 4 nitrogen and oxygen atoms in total. The second kappa shape index (κ2) is 5.69. The van der Waals surface area contributed by atoms with Crippen molar-refractivity contribution in [3.8, 4) is 0 Å². The van der Waals surface area contributed by atoms with Gasteiger partial charge in [-0.3, -0.25) is 10.1 Å². The molecule has 20 heavy (non-hydrogen) atoms. The van der Waals surface area contributed by atoms with E-state index in [1.54, 1.807) is 0 Å². The minimum absolute atomic E-state index is 0.111. The molecule has 1 atom stereocenters. The van der Waals surface area contributed by atoms with E-state index < -0.39 is 10.7 Å². The summed E-state index contributed by atoms with van der Waals surface area (Å²) in [7, 11) is 0. The van der Waals surface area contributed by atoms with E-state index in [2.05, 4.69) is 5.32 Å². The first kappa shape index (κ1) is 14.0. The molecule has 0 aliphatic carbocycles. The summed E-state index contributed by atoms with van der Waals surface area (Å²) in [5, 5.41) is 14.0. The third-order valence-electron chi connectivity index (χ3n) is 3.11. The number of hydrogen-bond acceptors (Lipinski definition) is 3. The van der Waals surface area contributed by atoms with Gasteiger partial charge in [-0.15, -0.1) is 0 Å². The maximum Gasteiger partial charge on any atom is 0.295 e. The maximum absolute atomic E-state index is 13.1. The predicted octanol–water partition coefficient (Wildman–Crippen LogP) is 4.22. The van der Waals surface area contributed by atoms with Crippen LogP contribution in [0.25, 0.3) is 0 Å². The number of benzene rings is 2. The zero-order chi connectivity index (χ0) is 14.7. The zero-order valence-electron chi connectivity index (χ0n) is 11.3. The van der Waals surface area contributed by atoms with E-state index in [4.69, 9.17) is 0 Å². The monoisotopic (exact) mass is 274 g/mol. The van der Waals surface area contributed by atoms with Crippen LogP contribution in [0.5, 0.6) is 0 Å². The lowest BCUT2D eigenvalue weighted by Gasteiger charge is -2.16. The number of nitrogens with zero attached hydrogens (tertiary/aromatic N) is 1. The number of nitro benzene ring substituents is 1. The van der Waals surface area contributed by atoms with Crippen molar-refractivity contribution in [3.63, 3.8) is 0 Å². The van der Waals surface area contributed by atoms with Gasteiger partial charge in [-0.05, 0) is 31.5 Å². The Morgan fingerprint density at radius 3 is 2.45 bits per heavy atom. The summed E-state index contributed by atoms with van der Waals surface area (Å²) in [6.07, 6.45) is 0. The third kappa shape index (κ3) is 3.12. The summed E-state index contributed by atoms with van der Waals surface area (Å²) in [5.74, 6) is -0.620. The van der Waals surface area contributed by atoms with Crippen molar-refractivity contribution >= 4 is 11.4 Å². The number of hydrogen-bond donors (Lipinski definition) is 1. The molecule has 2 aromatic carbocycles. The number of halogens is 1. The number of anilines is 1. The van der Waals surface area contributed by atoms with Gasteiger partial charge in [0.25, 0.3) is 5.69 Å². The van der Waals surface area contributed by atoms with Gasteiger partial charge in [0.2, 0.25) is 0 Å². The molecule has 0 aliphatic heterocycles. The Hall–Kier alpha value is -2.43. The SMILES string of the molecule is Cc1ccc(C(C)Nc2ccc(F)cc2[N+](=O)[O-])cc1. The van der Waals surface area contributed by atoms with Gasteiger partial charge >= 0.3 is 0 Å². The van der Waals surface area contributed by atoms with Crippen LogP contribution in [0.2, 0.25) is 0 Å². The molecule has 2 aromatic rings. The van der Waals surface area contributed by atoms with E-state index in [0.717, 1.165) is 17.2 Å². The van der Waals surface area contributed by atoms with Crippen molar-refractivity contribution in [2.24, 2.45) is 0 Å². The highest BCUT2D eigenvalue weighted by molar-refractivity contribution is 5.62. The first-order valence-corrected chi connectivity index (χ1v) is 6.24. The van der Waals surface area contributed by atoms with E-state index in [1.165, 1.54) is 12.1 Å². The molecular formula is C15H15FN2O2. The van der Waals surface area contributed by atoms with Gasteiger partial charge in [-0.2, -0.15) is 0 Å². The molecule has 0 aromatic heterocycles. The van der Waals surface area contributed by atoms with Crippen molar-refractivity contribution in [2.45, 2.75) is 19.9 Å². The molecule has 0 aliphatic rings. The highest BCUT2D eigenvalue weighted by atomic mass is 19.1. The summed E-state index contributed by atoms with van der Waals surface area (Å²) in [5.41, 5.74) is 2.20. The summed E-state index contributed by atoms with van der Waals surface area (Å²) < 4.78 is 13.1. The zero-order valence-corrected chi connectivity index (χ0v) is 11.3. The first-order chi connectivity index (χ1) is 9.47. The lowest BCUT2D eigenvalue weighted by atomic mass is 10.1. The van der Waals surface area contributed by atoms with Crippen LogP contribution in [-0.4, -0.2) is 4.92 Å². The molecule has 0 bridgehead atoms. The molecule has 0 fully saturated rings. The van der Waals surface area contributed by atoms with Crippen LogP contribution >= 0.6 is 0 Å². The minimum atomic E-state index is -0.620. The number of nitro groups is 1. The van der Waals surface area contributed by atoms with Crippen LogP contribution in [0.3, 0.4) is 0 Å². The summed E-state index contributed by atoms with van der Waals surface area (Å²) >= 11 is 0. The molecule has 1 unspecified atom stereocenters. The van der Waals surface area contributed by atoms with Gasteiger partial charge in [-0.1, -0.05) is 29.8 Å². The van der Waals surface area contributed by atoms with Gasteiger partial charge in [0, 0.05) is 6.04 Å². The Balaban J connectivity index is 2.25. The van der Waals surface area contributed by atoms with Crippen molar-refractivity contribution in [2.75, 3.05) is 5.32 Å². The van der Waals surface area contributed by atoms with E-state index in [9.17, 15) is 14.5 Å². The molecule has 1 N–H and O–H groups in total. The average Bonchev–Trinajstić information content (AvgIpc) is 2.41. The molecule has 0 heterocycles. The summed E-state index contributed by atoms with van der Waals surface area (Å²) in [6, 6.07) is 11.3. The molecule has 5 heteroatoms. The van der Waals surface area contributed by atoms with Gasteiger partial charge < -0.3 is 5.32 Å². The number of aryl methyl sites for hydroxylation is 1. The standard InChI is InChI=1S/C15H15FN2O2/c1-10-3-5-12(6-4-10)11(2)17-14-8-7-13(16)9-15(14)18(19)20/h3-9,11,17H,1-2H3. The van der Waals surface area contributed by atoms with E-state index in [0.29, 0.717) is 5.69 Å². The van der Waals surface area contributed by atoms with E-state index in [-0.39, 0.29) is 11.7 Å². The van der Waals surface area contributed by atoms with Crippen LogP contribution < -0.4 is 5.32 Å². The van der Waals surface area contributed by atoms with Gasteiger partial charge in [0.1, 0.15) is 11.5 Å². The van der Waals surface area contributed by atoms with Crippen LogP contribution in [0, 0.1) is 22.9 Å². The molecule has 0 spiro atoms. The number of nitrogens with one attached hydrogen (secondary N) is 1. The second-order valence-corrected chi connectivity index (χ2v) is 4.70. The Bertz CT molecular complexity index is 626. The molecule has 0 saturated carbocycles. The van der Waals surface area contributed by atoms with Gasteiger partial charge in [0.15, 0.2) is 0 Å². The van der Waals surface area contributed by atoms with Crippen molar-refractivity contribution < 1.29 is 9.31 Å². The van der Waals surface area contributed by atoms with Crippen molar-refractivity contribution in [3.05, 3.63) is 69.5 Å². The molecule has 104 valence electrons. The fourth-order valence-corrected chi connectivity index (χ4v) is 1.95. The van der Waals surface area contributed by atoms with Gasteiger partial charge in [0.05, 0.1) is 11.0 Å². The normalized spacial score (nSPS) is 11.9. The topological polar surface area (TPSA) is 55.2 Å². The average molecular weight is 274 g/mol. The minimum Gasteiger partial charge on any atom is -0.373 e. The van der Waals surface area contributed by atoms with Crippen molar-refractivity contribution in [1.29, 1.82) is 0 Å². The number of rotatable bonds is 4. The second-order valence-electron chi connectivity index (χ2n) is 4.70. The lowest BCUT2D eigenvalue weighted by molar-refractivity contribution is -0.384. The molecule has 0 radical (unpaired) electrons. The van der Waals surface area contributed by atoms with Crippen LogP contribution in [0.1, 0.15) is 24.1 Å². The van der Waals surface area contributed by atoms with E-state index in [1.807, 2.05) is 38.1 Å². The molecule has 0 saturated heterocycles. The lowest BCUT2D eigenvalue weighted by Crippen LogP contribution is -2.08. The largest absolute Gasteiger partial charge is 0.373 e. The van der Waals surface area contributed by atoms with E-state index >= 15 is 0 Å². The fourth-order valence-electron chi connectivity index (χ4n) is 1.95. The quantitative estimate of drug-likeness (QED) is 0.671. The Labute approximate surface area is 116 Å². The fraction of sp³-hybridized carbons (Fsp3) is 0.200.